The molecule has 0 saturated heterocycles. The average molecular weight is 322 g/mol. The molecule has 3 rings (SSSR count). The highest BCUT2D eigenvalue weighted by atomic mass is 35.5. The summed E-state index contributed by atoms with van der Waals surface area (Å²) in [6.07, 6.45) is 2.65. The highest BCUT2D eigenvalue weighted by molar-refractivity contribution is 7.12. The second-order valence-corrected chi connectivity index (χ2v) is 7.42. The minimum absolute atomic E-state index is 0.578. The molecule has 1 heterocycles. The Labute approximate surface area is 135 Å². The van der Waals surface area contributed by atoms with E-state index in [4.69, 9.17) is 16.3 Å². The largest absolute Gasteiger partial charge is 0.487 e. The van der Waals surface area contributed by atoms with E-state index < -0.39 is 0 Å². The summed E-state index contributed by atoms with van der Waals surface area (Å²) in [5, 5.41) is 4.23. The zero-order valence-electron chi connectivity index (χ0n) is 12.4. The lowest BCUT2D eigenvalue weighted by atomic mass is 10.2. The fourth-order valence-corrected chi connectivity index (χ4v) is 3.52. The van der Waals surface area contributed by atoms with E-state index in [-0.39, 0.29) is 0 Å². The Balaban J connectivity index is 1.61. The van der Waals surface area contributed by atoms with Crippen LogP contribution in [0.15, 0.2) is 24.3 Å². The van der Waals surface area contributed by atoms with Crippen molar-refractivity contribution in [3.05, 3.63) is 50.2 Å². The molecule has 0 bridgehead atoms. The van der Waals surface area contributed by atoms with E-state index >= 15 is 0 Å². The van der Waals surface area contributed by atoms with E-state index in [9.17, 15) is 0 Å². The van der Waals surface area contributed by atoms with Crippen molar-refractivity contribution in [2.45, 2.75) is 45.9 Å². The first-order valence-corrected chi connectivity index (χ1v) is 8.52. The van der Waals surface area contributed by atoms with Gasteiger partial charge in [0.2, 0.25) is 0 Å². The van der Waals surface area contributed by atoms with Gasteiger partial charge in [-0.25, -0.2) is 0 Å². The van der Waals surface area contributed by atoms with Crippen LogP contribution in [0.1, 0.15) is 33.7 Å². The zero-order chi connectivity index (χ0) is 14.8. The minimum Gasteiger partial charge on any atom is -0.487 e. The molecular weight excluding hydrogens is 302 g/mol. The van der Waals surface area contributed by atoms with Gasteiger partial charge in [0.05, 0.1) is 5.02 Å². The number of aryl methyl sites for hydroxylation is 2. The molecule has 2 aromatic rings. The monoisotopic (exact) mass is 321 g/mol. The molecule has 0 amide bonds. The molecule has 1 aliphatic rings. The van der Waals surface area contributed by atoms with E-state index in [1.165, 1.54) is 28.2 Å². The Morgan fingerprint density at radius 1 is 1.29 bits per heavy atom. The van der Waals surface area contributed by atoms with Gasteiger partial charge in [-0.15, -0.1) is 11.3 Å². The van der Waals surface area contributed by atoms with Gasteiger partial charge in [-0.3, -0.25) is 0 Å². The van der Waals surface area contributed by atoms with Crippen LogP contribution in [0.3, 0.4) is 0 Å². The quantitative estimate of drug-likeness (QED) is 0.821. The normalized spacial score (nSPS) is 14.4. The number of hydrogen-bond acceptors (Lipinski definition) is 3. The Kier molecular flexibility index (Phi) is 4.53. The smallest absolute Gasteiger partial charge is 0.138 e. The summed E-state index contributed by atoms with van der Waals surface area (Å²) in [4.78, 5) is 2.71. The molecule has 1 saturated carbocycles. The first kappa shape index (κ1) is 14.9. The number of benzene rings is 1. The zero-order valence-corrected chi connectivity index (χ0v) is 14.0. The molecule has 112 valence electrons. The van der Waals surface area contributed by atoms with Gasteiger partial charge in [0.1, 0.15) is 12.4 Å². The van der Waals surface area contributed by atoms with E-state index in [0.29, 0.717) is 11.6 Å². The SMILES string of the molecule is Cc1ccc(OCc2cc(CNC3CC3)sc2C)c(Cl)c1. The summed E-state index contributed by atoms with van der Waals surface area (Å²) in [5.74, 6) is 0.755. The first-order valence-electron chi connectivity index (χ1n) is 7.32. The summed E-state index contributed by atoms with van der Waals surface area (Å²) in [5.41, 5.74) is 2.40. The van der Waals surface area contributed by atoms with Crippen LogP contribution in [0.2, 0.25) is 5.02 Å². The molecule has 1 aliphatic carbocycles. The van der Waals surface area contributed by atoms with Crippen LogP contribution in [-0.4, -0.2) is 6.04 Å². The van der Waals surface area contributed by atoms with Crippen LogP contribution < -0.4 is 10.1 Å². The van der Waals surface area contributed by atoms with Crippen molar-refractivity contribution in [1.82, 2.24) is 5.32 Å². The van der Waals surface area contributed by atoms with Crippen molar-refractivity contribution in [2.75, 3.05) is 0 Å². The van der Waals surface area contributed by atoms with Crippen LogP contribution >= 0.6 is 22.9 Å². The van der Waals surface area contributed by atoms with Crippen LogP contribution in [0.25, 0.3) is 0 Å². The Hall–Kier alpha value is -1.03. The van der Waals surface area contributed by atoms with E-state index in [1.807, 2.05) is 36.5 Å². The predicted molar refractivity (Wildman–Crippen MR) is 89.4 cm³/mol. The van der Waals surface area contributed by atoms with Crippen molar-refractivity contribution in [2.24, 2.45) is 0 Å². The maximum atomic E-state index is 6.20. The lowest BCUT2D eigenvalue weighted by molar-refractivity contribution is 0.306. The lowest BCUT2D eigenvalue weighted by Gasteiger charge is -2.08. The molecule has 0 radical (unpaired) electrons. The van der Waals surface area contributed by atoms with E-state index in [1.54, 1.807) is 0 Å². The molecule has 21 heavy (non-hydrogen) atoms. The van der Waals surface area contributed by atoms with Crippen molar-refractivity contribution in [1.29, 1.82) is 0 Å². The molecule has 0 unspecified atom stereocenters. The molecule has 1 aromatic heterocycles. The topological polar surface area (TPSA) is 21.3 Å². The lowest BCUT2D eigenvalue weighted by Crippen LogP contribution is -2.14. The summed E-state index contributed by atoms with van der Waals surface area (Å²) in [6.45, 7) is 5.73. The highest BCUT2D eigenvalue weighted by Gasteiger charge is 2.20. The first-order chi connectivity index (χ1) is 10.1. The Morgan fingerprint density at radius 2 is 2.10 bits per heavy atom. The molecule has 1 fully saturated rings. The molecule has 2 nitrogen and oxygen atoms in total. The van der Waals surface area contributed by atoms with Crippen LogP contribution in [0.5, 0.6) is 5.75 Å². The molecular formula is C17H20ClNOS. The van der Waals surface area contributed by atoms with E-state index in [2.05, 4.69) is 18.3 Å². The molecule has 0 atom stereocenters. The van der Waals surface area contributed by atoms with Gasteiger partial charge < -0.3 is 10.1 Å². The second kappa shape index (κ2) is 6.39. The average Bonchev–Trinajstić information content (AvgIpc) is 3.20. The third-order valence-corrected chi connectivity index (χ3v) is 5.07. The Morgan fingerprint density at radius 3 is 2.81 bits per heavy atom. The summed E-state index contributed by atoms with van der Waals surface area (Å²) in [7, 11) is 0. The number of rotatable bonds is 6. The van der Waals surface area contributed by atoms with Gasteiger partial charge in [-0.05, 0) is 50.5 Å². The van der Waals surface area contributed by atoms with Gasteiger partial charge in [-0.1, -0.05) is 17.7 Å². The molecule has 0 spiro atoms. The van der Waals surface area contributed by atoms with Crippen LogP contribution in [0, 0.1) is 13.8 Å². The summed E-state index contributed by atoms with van der Waals surface area (Å²) in [6, 6.07) is 8.89. The number of thiophene rings is 1. The Bertz CT molecular complexity index is 634. The fraction of sp³-hybridized carbons (Fsp3) is 0.412. The highest BCUT2D eigenvalue weighted by Crippen LogP contribution is 2.28. The van der Waals surface area contributed by atoms with Crippen LogP contribution in [0.4, 0.5) is 0 Å². The number of halogens is 1. The number of hydrogen-bond donors (Lipinski definition) is 1. The van der Waals surface area contributed by atoms with Gasteiger partial charge in [-0.2, -0.15) is 0 Å². The van der Waals surface area contributed by atoms with Gasteiger partial charge in [0, 0.05) is 27.9 Å². The summed E-state index contributed by atoms with van der Waals surface area (Å²) >= 11 is 8.05. The molecule has 1 N–H and O–H groups in total. The van der Waals surface area contributed by atoms with Crippen molar-refractivity contribution < 1.29 is 4.74 Å². The van der Waals surface area contributed by atoms with E-state index in [0.717, 1.165) is 23.9 Å². The predicted octanol–water partition coefficient (Wildman–Crippen LogP) is 4.85. The third-order valence-electron chi connectivity index (χ3n) is 3.68. The van der Waals surface area contributed by atoms with Crippen molar-refractivity contribution in [3.63, 3.8) is 0 Å². The van der Waals surface area contributed by atoms with Gasteiger partial charge >= 0.3 is 0 Å². The maximum Gasteiger partial charge on any atom is 0.138 e. The van der Waals surface area contributed by atoms with Crippen molar-refractivity contribution >= 4 is 22.9 Å². The molecule has 4 heteroatoms. The van der Waals surface area contributed by atoms with Crippen molar-refractivity contribution in [3.8, 4) is 5.75 Å². The molecule has 1 aromatic carbocycles. The summed E-state index contributed by atoms with van der Waals surface area (Å²) < 4.78 is 5.86. The second-order valence-electron chi connectivity index (χ2n) is 5.67. The maximum absolute atomic E-state index is 6.20. The fourth-order valence-electron chi connectivity index (χ4n) is 2.23. The number of ether oxygens (including phenoxy) is 1. The third kappa shape index (κ3) is 4.00. The van der Waals surface area contributed by atoms with Crippen LogP contribution in [-0.2, 0) is 13.2 Å². The number of nitrogens with one attached hydrogen (secondary N) is 1. The van der Waals surface area contributed by atoms with Gasteiger partial charge in [0.25, 0.3) is 0 Å². The standard InChI is InChI=1S/C17H20ClNOS/c1-11-3-6-17(16(18)7-11)20-10-13-8-15(21-12(13)2)9-19-14-4-5-14/h3,6-8,14,19H,4-5,9-10H2,1-2H3. The minimum atomic E-state index is 0.578. The molecule has 0 aliphatic heterocycles. The van der Waals surface area contributed by atoms with Gasteiger partial charge in [0.15, 0.2) is 0 Å².